The first-order valence-electron chi connectivity index (χ1n) is 6.44. The van der Waals surface area contributed by atoms with E-state index in [0.717, 1.165) is 12.3 Å². The molecule has 0 saturated heterocycles. The largest absolute Gasteiger partial charge is 0.322 e. The quantitative estimate of drug-likeness (QED) is 0.820. The Morgan fingerprint density at radius 2 is 1.88 bits per heavy atom. The first kappa shape index (κ1) is 11.7. The zero-order chi connectivity index (χ0) is 11.6. The van der Waals surface area contributed by atoms with Crippen LogP contribution in [-0.2, 0) is 5.54 Å². The highest BCUT2D eigenvalue weighted by Crippen LogP contribution is 2.35. The lowest BCUT2D eigenvalue weighted by atomic mass is 9.81. The molecule has 2 N–H and O–H groups in total. The maximum absolute atomic E-state index is 6.52. The van der Waals surface area contributed by atoms with Gasteiger partial charge in [-0.1, -0.05) is 49.9 Å². The molecular formula is C15H23N. The molecule has 2 rings (SSSR count). The Hall–Kier alpha value is -0.820. The Morgan fingerprint density at radius 1 is 1.25 bits per heavy atom. The normalized spacial score (nSPS) is 20.9. The number of aryl methyl sites for hydroxylation is 1. The Morgan fingerprint density at radius 3 is 2.50 bits per heavy atom. The number of rotatable bonds is 3. The van der Waals surface area contributed by atoms with Gasteiger partial charge in [-0.25, -0.2) is 0 Å². The third kappa shape index (κ3) is 2.46. The average Bonchev–Trinajstić information content (AvgIpc) is 2.70. The van der Waals surface area contributed by atoms with Crippen molar-refractivity contribution in [1.82, 2.24) is 0 Å². The summed E-state index contributed by atoms with van der Waals surface area (Å²) >= 11 is 0. The van der Waals surface area contributed by atoms with E-state index >= 15 is 0 Å². The van der Waals surface area contributed by atoms with Gasteiger partial charge in [0.2, 0.25) is 0 Å². The molecule has 1 aromatic rings. The van der Waals surface area contributed by atoms with Gasteiger partial charge in [0.1, 0.15) is 0 Å². The summed E-state index contributed by atoms with van der Waals surface area (Å²) in [7, 11) is 0. The summed E-state index contributed by atoms with van der Waals surface area (Å²) in [6.45, 7) is 4.35. The van der Waals surface area contributed by atoms with Gasteiger partial charge in [0, 0.05) is 5.54 Å². The Balaban J connectivity index is 2.14. The van der Waals surface area contributed by atoms with Gasteiger partial charge in [-0.3, -0.25) is 0 Å². The van der Waals surface area contributed by atoms with Crippen LogP contribution in [0.2, 0.25) is 0 Å². The van der Waals surface area contributed by atoms with E-state index in [0.29, 0.717) is 0 Å². The maximum atomic E-state index is 6.52. The highest BCUT2D eigenvalue weighted by molar-refractivity contribution is 5.31. The monoisotopic (exact) mass is 217 g/mol. The van der Waals surface area contributed by atoms with E-state index in [1.807, 2.05) is 0 Å². The number of hydrogen-bond acceptors (Lipinski definition) is 1. The van der Waals surface area contributed by atoms with Crippen LogP contribution in [0.3, 0.4) is 0 Å². The van der Waals surface area contributed by atoms with Crippen molar-refractivity contribution >= 4 is 0 Å². The smallest absolute Gasteiger partial charge is 0.0386 e. The van der Waals surface area contributed by atoms with Crippen molar-refractivity contribution in [2.45, 2.75) is 51.5 Å². The molecule has 1 heteroatoms. The summed E-state index contributed by atoms with van der Waals surface area (Å²) in [5.41, 5.74) is 9.01. The van der Waals surface area contributed by atoms with Gasteiger partial charge < -0.3 is 5.73 Å². The van der Waals surface area contributed by atoms with Gasteiger partial charge in [-0.15, -0.1) is 0 Å². The molecule has 0 spiro atoms. The SMILES string of the molecule is Cc1ccccc1C(C)(N)CC1CCCC1. The van der Waals surface area contributed by atoms with E-state index in [2.05, 4.69) is 38.1 Å². The van der Waals surface area contributed by atoms with Gasteiger partial charge >= 0.3 is 0 Å². The summed E-state index contributed by atoms with van der Waals surface area (Å²) in [6, 6.07) is 8.53. The zero-order valence-electron chi connectivity index (χ0n) is 10.5. The zero-order valence-corrected chi connectivity index (χ0v) is 10.5. The second-order valence-electron chi connectivity index (χ2n) is 5.59. The fraction of sp³-hybridized carbons (Fsp3) is 0.600. The lowest BCUT2D eigenvalue weighted by Crippen LogP contribution is -2.35. The van der Waals surface area contributed by atoms with Crippen LogP contribution in [-0.4, -0.2) is 0 Å². The molecule has 0 aliphatic heterocycles. The molecule has 1 aliphatic carbocycles. The third-order valence-electron chi connectivity index (χ3n) is 3.95. The molecule has 1 unspecified atom stereocenters. The van der Waals surface area contributed by atoms with Crippen molar-refractivity contribution < 1.29 is 0 Å². The van der Waals surface area contributed by atoms with E-state index in [4.69, 9.17) is 5.73 Å². The lowest BCUT2D eigenvalue weighted by molar-refractivity contribution is 0.348. The number of nitrogens with two attached hydrogens (primary N) is 1. The van der Waals surface area contributed by atoms with E-state index in [1.54, 1.807) is 0 Å². The van der Waals surface area contributed by atoms with Crippen molar-refractivity contribution in [3.63, 3.8) is 0 Å². The third-order valence-corrected chi connectivity index (χ3v) is 3.95. The average molecular weight is 217 g/mol. The predicted octanol–water partition coefficient (Wildman–Crippen LogP) is 3.75. The molecule has 1 aliphatic rings. The standard InChI is InChI=1S/C15H23N/c1-12-7-3-6-10-14(12)15(2,16)11-13-8-4-5-9-13/h3,6-7,10,13H,4-5,8-9,11,16H2,1-2H3. The van der Waals surface area contributed by atoms with Crippen LogP contribution < -0.4 is 5.73 Å². The minimum absolute atomic E-state index is 0.152. The Labute approximate surface area is 99.0 Å². The van der Waals surface area contributed by atoms with Crippen LogP contribution in [0.25, 0.3) is 0 Å². The molecule has 1 aromatic carbocycles. The highest BCUT2D eigenvalue weighted by atomic mass is 14.7. The first-order chi connectivity index (χ1) is 7.59. The second-order valence-corrected chi connectivity index (χ2v) is 5.59. The maximum Gasteiger partial charge on any atom is 0.0386 e. The predicted molar refractivity (Wildman–Crippen MR) is 69.3 cm³/mol. The first-order valence-corrected chi connectivity index (χ1v) is 6.44. The van der Waals surface area contributed by atoms with Gasteiger partial charge in [0.25, 0.3) is 0 Å². The Bertz CT molecular complexity index is 348. The van der Waals surface area contributed by atoms with Crippen LogP contribution in [0.5, 0.6) is 0 Å². The van der Waals surface area contributed by atoms with Crippen molar-refractivity contribution in [3.05, 3.63) is 35.4 Å². The van der Waals surface area contributed by atoms with Crippen molar-refractivity contribution in [2.24, 2.45) is 11.7 Å². The summed E-state index contributed by atoms with van der Waals surface area (Å²) in [5, 5.41) is 0. The molecule has 1 atom stereocenters. The molecule has 88 valence electrons. The van der Waals surface area contributed by atoms with Crippen LogP contribution in [0.4, 0.5) is 0 Å². The molecule has 0 amide bonds. The molecule has 0 aromatic heterocycles. The van der Waals surface area contributed by atoms with Crippen LogP contribution >= 0.6 is 0 Å². The van der Waals surface area contributed by atoms with Crippen molar-refractivity contribution in [2.75, 3.05) is 0 Å². The lowest BCUT2D eigenvalue weighted by Gasteiger charge is -2.30. The Kier molecular flexibility index (Phi) is 3.34. The minimum Gasteiger partial charge on any atom is -0.322 e. The van der Waals surface area contributed by atoms with Gasteiger partial charge in [0.15, 0.2) is 0 Å². The summed E-state index contributed by atoms with van der Waals surface area (Å²) in [5.74, 6) is 0.842. The van der Waals surface area contributed by atoms with Gasteiger partial charge in [-0.05, 0) is 37.3 Å². The van der Waals surface area contributed by atoms with Crippen molar-refractivity contribution in [3.8, 4) is 0 Å². The fourth-order valence-electron chi connectivity index (χ4n) is 3.14. The van der Waals surface area contributed by atoms with Gasteiger partial charge in [-0.2, -0.15) is 0 Å². The molecule has 1 saturated carbocycles. The van der Waals surface area contributed by atoms with Crippen molar-refractivity contribution in [1.29, 1.82) is 0 Å². The van der Waals surface area contributed by atoms with Crippen LogP contribution in [0.15, 0.2) is 24.3 Å². The number of benzene rings is 1. The molecule has 16 heavy (non-hydrogen) atoms. The van der Waals surface area contributed by atoms with Crippen LogP contribution in [0.1, 0.15) is 50.2 Å². The molecule has 1 nitrogen and oxygen atoms in total. The molecule has 0 bridgehead atoms. The molecule has 1 fully saturated rings. The fourth-order valence-corrected chi connectivity index (χ4v) is 3.14. The minimum atomic E-state index is -0.152. The summed E-state index contributed by atoms with van der Waals surface area (Å²) < 4.78 is 0. The topological polar surface area (TPSA) is 26.0 Å². The van der Waals surface area contributed by atoms with E-state index < -0.39 is 0 Å². The van der Waals surface area contributed by atoms with Crippen LogP contribution in [0, 0.1) is 12.8 Å². The molecule has 0 radical (unpaired) electrons. The summed E-state index contributed by atoms with van der Waals surface area (Å²) in [6.07, 6.45) is 6.68. The highest BCUT2D eigenvalue weighted by Gasteiger charge is 2.28. The van der Waals surface area contributed by atoms with E-state index in [1.165, 1.54) is 36.8 Å². The second kappa shape index (κ2) is 4.58. The van der Waals surface area contributed by atoms with E-state index in [-0.39, 0.29) is 5.54 Å². The molecule has 0 heterocycles. The number of hydrogen-bond donors (Lipinski definition) is 1. The van der Waals surface area contributed by atoms with Gasteiger partial charge in [0.05, 0.1) is 0 Å². The molecular weight excluding hydrogens is 194 g/mol. The van der Waals surface area contributed by atoms with E-state index in [9.17, 15) is 0 Å². The summed E-state index contributed by atoms with van der Waals surface area (Å²) in [4.78, 5) is 0.